The van der Waals surface area contributed by atoms with Gasteiger partial charge in [0, 0.05) is 5.92 Å². The average molecular weight is 295 g/mol. The van der Waals surface area contributed by atoms with Gasteiger partial charge in [0.25, 0.3) is 6.43 Å². The van der Waals surface area contributed by atoms with Gasteiger partial charge in [0.2, 0.25) is 0 Å². The summed E-state index contributed by atoms with van der Waals surface area (Å²) in [6, 6.07) is 7.80. The molecule has 20 heavy (non-hydrogen) atoms. The van der Waals surface area contributed by atoms with Gasteiger partial charge in [0.1, 0.15) is 10.0 Å². The maximum atomic E-state index is 13.1. The first-order valence-electron chi connectivity index (χ1n) is 6.63. The van der Waals surface area contributed by atoms with Crippen molar-refractivity contribution in [1.29, 1.82) is 0 Å². The van der Waals surface area contributed by atoms with Crippen LogP contribution < -0.4 is 5.32 Å². The smallest absolute Gasteiger partial charge is 0.257 e. The van der Waals surface area contributed by atoms with Crippen LogP contribution in [0.2, 0.25) is 0 Å². The fourth-order valence-electron chi connectivity index (χ4n) is 2.04. The monoisotopic (exact) mass is 295 g/mol. The van der Waals surface area contributed by atoms with Crippen LogP contribution in [0.1, 0.15) is 40.4 Å². The number of aromatic nitrogens is 2. The van der Waals surface area contributed by atoms with E-state index in [0.717, 1.165) is 10.0 Å². The quantitative estimate of drug-likeness (QED) is 0.886. The zero-order chi connectivity index (χ0) is 13.9. The number of nitrogens with zero attached hydrogens (tertiary/aromatic N) is 2. The molecule has 0 unspecified atom stereocenters. The summed E-state index contributed by atoms with van der Waals surface area (Å²) in [5.74, 6) is 0.557. The lowest BCUT2D eigenvalue weighted by Gasteiger charge is -2.17. The van der Waals surface area contributed by atoms with Crippen molar-refractivity contribution in [2.45, 2.75) is 37.8 Å². The summed E-state index contributed by atoms with van der Waals surface area (Å²) in [5.41, 5.74) is 0.592. The van der Waals surface area contributed by atoms with Gasteiger partial charge in [-0.2, -0.15) is 0 Å². The molecule has 106 valence electrons. The number of nitrogens with one attached hydrogen (secondary N) is 1. The summed E-state index contributed by atoms with van der Waals surface area (Å²) >= 11 is 1.52. The molecule has 1 aliphatic rings. The molecular formula is C14H15F2N3S. The van der Waals surface area contributed by atoms with Crippen LogP contribution in [0.5, 0.6) is 0 Å². The Morgan fingerprint density at radius 1 is 1.20 bits per heavy atom. The van der Waals surface area contributed by atoms with Crippen molar-refractivity contribution in [3.05, 3.63) is 45.9 Å². The summed E-state index contributed by atoms with van der Waals surface area (Å²) in [7, 11) is 0. The number of rotatable bonds is 6. The Balaban J connectivity index is 1.64. The molecular weight excluding hydrogens is 280 g/mol. The highest BCUT2D eigenvalue weighted by atomic mass is 32.1. The predicted octanol–water partition coefficient (Wildman–Crippen LogP) is 3.51. The lowest BCUT2D eigenvalue weighted by Crippen LogP contribution is -2.26. The van der Waals surface area contributed by atoms with Crippen molar-refractivity contribution in [3.8, 4) is 0 Å². The molecule has 0 aliphatic heterocycles. The molecule has 6 heteroatoms. The van der Waals surface area contributed by atoms with Crippen molar-refractivity contribution in [2.75, 3.05) is 0 Å². The molecule has 1 heterocycles. The molecule has 1 atom stereocenters. The van der Waals surface area contributed by atoms with E-state index >= 15 is 0 Å². The molecule has 1 saturated carbocycles. The van der Waals surface area contributed by atoms with Crippen molar-refractivity contribution < 1.29 is 8.78 Å². The van der Waals surface area contributed by atoms with Crippen LogP contribution in [0.15, 0.2) is 30.3 Å². The molecule has 1 aliphatic carbocycles. The van der Waals surface area contributed by atoms with Crippen LogP contribution in [0, 0.1) is 0 Å². The topological polar surface area (TPSA) is 37.8 Å². The van der Waals surface area contributed by atoms with E-state index in [1.54, 1.807) is 24.3 Å². The Labute approximate surface area is 120 Å². The van der Waals surface area contributed by atoms with E-state index in [9.17, 15) is 8.78 Å². The maximum Gasteiger partial charge on any atom is 0.257 e. The number of halogens is 2. The van der Waals surface area contributed by atoms with E-state index in [-0.39, 0.29) is 0 Å². The van der Waals surface area contributed by atoms with E-state index in [1.165, 1.54) is 24.2 Å². The van der Waals surface area contributed by atoms with Gasteiger partial charge < -0.3 is 0 Å². The molecule has 2 aromatic rings. The molecule has 0 radical (unpaired) electrons. The third-order valence-corrected chi connectivity index (χ3v) is 4.38. The Hall–Kier alpha value is -1.40. The second-order valence-electron chi connectivity index (χ2n) is 4.91. The van der Waals surface area contributed by atoms with Gasteiger partial charge in [0.15, 0.2) is 0 Å². The van der Waals surface area contributed by atoms with E-state index in [2.05, 4.69) is 15.5 Å². The van der Waals surface area contributed by atoms with Gasteiger partial charge >= 0.3 is 0 Å². The van der Waals surface area contributed by atoms with Gasteiger partial charge in [0.05, 0.1) is 12.6 Å². The summed E-state index contributed by atoms with van der Waals surface area (Å²) in [6.07, 6.45) is -0.106. The highest BCUT2D eigenvalue weighted by Gasteiger charge is 2.28. The summed E-state index contributed by atoms with van der Waals surface area (Å²) in [6.45, 7) is 0.328. The normalized spacial score (nSPS) is 16.6. The van der Waals surface area contributed by atoms with Gasteiger partial charge in [-0.25, -0.2) is 8.78 Å². The Morgan fingerprint density at radius 3 is 2.60 bits per heavy atom. The highest BCUT2D eigenvalue weighted by molar-refractivity contribution is 7.11. The van der Waals surface area contributed by atoms with Crippen LogP contribution in [-0.2, 0) is 6.54 Å². The average Bonchev–Trinajstić information content (AvgIpc) is 3.20. The van der Waals surface area contributed by atoms with Crippen molar-refractivity contribution in [3.63, 3.8) is 0 Å². The van der Waals surface area contributed by atoms with Gasteiger partial charge in [-0.3, -0.25) is 5.32 Å². The first kappa shape index (κ1) is 13.6. The molecule has 0 bridgehead atoms. The standard InChI is InChI=1S/C14H15F2N3S/c15-13(16)12(9-4-2-1-3-5-9)17-8-11-18-19-14(20-11)10-6-7-10/h1-5,10,12-13,17H,6-8H2/t12-/m1/s1. The van der Waals surface area contributed by atoms with Crippen molar-refractivity contribution in [2.24, 2.45) is 0 Å². The van der Waals surface area contributed by atoms with E-state index < -0.39 is 12.5 Å². The third-order valence-electron chi connectivity index (χ3n) is 3.29. The number of benzene rings is 1. The zero-order valence-electron chi connectivity index (χ0n) is 10.8. The zero-order valence-corrected chi connectivity index (χ0v) is 11.6. The second-order valence-corrected chi connectivity index (χ2v) is 6.01. The first-order chi connectivity index (χ1) is 9.74. The van der Waals surface area contributed by atoms with E-state index in [1.807, 2.05) is 6.07 Å². The minimum atomic E-state index is -2.45. The fraction of sp³-hybridized carbons (Fsp3) is 0.429. The first-order valence-corrected chi connectivity index (χ1v) is 7.44. The second kappa shape index (κ2) is 5.93. The number of alkyl halides is 2. The number of hydrogen-bond donors (Lipinski definition) is 1. The van der Waals surface area contributed by atoms with E-state index in [0.29, 0.717) is 18.0 Å². The van der Waals surface area contributed by atoms with Gasteiger partial charge in [-0.1, -0.05) is 41.7 Å². The van der Waals surface area contributed by atoms with Crippen molar-refractivity contribution >= 4 is 11.3 Å². The highest BCUT2D eigenvalue weighted by Crippen LogP contribution is 2.41. The molecule has 1 fully saturated rings. The molecule has 1 aromatic carbocycles. The van der Waals surface area contributed by atoms with Crippen LogP contribution in [0.3, 0.4) is 0 Å². The number of hydrogen-bond acceptors (Lipinski definition) is 4. The molecule has 1 N–H and O–H groups in total. The summed E-state index contributed by atoms with van der Waals surface area (Å²) in [5, 5.41) is 12.9. The summed E-state index contributed by atoms with van der Waals surface area (Å²) < 4.78 is 26.3. The Morgan fingerprint density at radius 2 is 1.95 bits per heavy atom. The minimum Gasteiger partial charge on any atom is -0.299 e. The Bertz CT molecular complexity index is 555. The predicted molar refractivity (Wildman–Crippen MR) is 73.9 cm³/mol. The molecule has 0 saturated heterocycles. The van der Waals surface area contributed by atoms with Crippen LogP contribution in [0.25, 0.3) is 0 Å². The van der Waals surface area contributed by atoms with Gasteiger partial charge in [-0.05, 0) is 18.4 Å². The maximum absolute atomic E-state index is 13.1. The molecule has 1 aromatic heterocycles. The third kappa shape index (κ3) is 3.19. The van der Waals surface area contributed by atoms with E-state index in [4.69, 9.17) is 0 Å². The van der Waals surface area contributed by atoms with Crippen LogP contribution >= 0.6 is 11.3 Å². The fourth-order valence-corrected chi connectivity index (χ4v) is 3.01. The van der Waals surface area contributed by atoms with Crippen LogP contribution in [-0.4, -0.2) is 16.6 Å². The molecule has 3 rings (SSSR count). The lowest BCUT2D eigenvalue weighted by atomic mass is 10.1. The SMILES string of the molecule is FC(F)[C@H](NCc1nnc(C2CC2)s1)c1ccccc1. The summed E-state index contributed by atoms with van der Waals surface area (Å²) in [4.78, 5) is 0. The van der Waals surface area contributed by atoms with Crippen LogP contribution in [0.4, 0.5) is 8.78 Å². The Kier molecular flexibility index (Phi) is 4.03. The lowest BCUT2D eigenvalue weighted by molar-refractivity contribution is 0.0974. The molecule has 0 amide bonds. The molecule has 3 nitrogen and oxygen atoms in total. The molecule has 0 spiro atoms. The van der Waals surface area contributed by atoms with Crippen molar-refractivity contribution in [1.82, 2.24) is 15.5 Å². The minimum absolute atomic E-state index is 0.328. The largest absolute Gasteiger partial charge is 0.299 e. The van der Waals surface area contributed by atoms with Gasteiger partial charge in [-0.15, -0.1) is 10.2 Å².